The third-order valence-electron chi connectivity index (χ3n) is 4.06. The van der Waals surface area contributed by atoms with Crippen LogP contribution in [-0.2, 0) is 0 Å². The summed E-state index contributed by atoms with van der Waals surface area (Å²) in [5.74, 6) is 0.109. The minimum Gasteiger partial charge on any atom is -0.324 e. The first-order chi connectivity index (χ1) is 9.09. The van der Waals surface area contributed by atoms with Gasteiger partial charge in [0.15, 0.2) is 0 Å². The van der Waals surface area contributed by atoms with Gasteiger partial charge in [-0.3, -0.25) is 0 Å². The highest BCUT2D eigenvalue weighted by Crippen LogP contribution is 2.35. The summed E-state index contributed by atoms with van der Waals surface area (Å²) in [7, 11) is 0. The van der Waals surface area contributed by atoms with E-state index in [0.29, 0.717) is 21.0 Å². The maximum absolute atomic E-state index is 14.0. The second-order valence-electron chi connectivity index (χ2n) is 5.42. The fraction of sp³-hybridized carbons (Fsp3) is 0.600. The molecule has 0 saturated heterocycles. The average Bonchev–Trinajstić information content (AvgIpc) is 2.32. The zero-order valence-electron chi connectivity index (χ0n) is 11.0. The van der Waals surface area contributed by atoms with Crippen molar-refractivity contribution >= 4 is 27.5 Å². The molecule has 2 rings (SSSR count). The molecular formula is C15H20BrClFN. The summed E-state index contributed by atoms with van der Waals surface area (Å²) in [6, 6.07) is 2.84. The summed E-state index contributed by atoms with van der Waals surface area (Å²) in [6.45, 7) is 0. The van der Waals surface area contributed by atoms with E-state index in [1.54, 1.807) is 6.07 Å². The lowest BCUT2D eigenvalue weighted by molar-refractivity contribution is 0.322. The normalized spacial score (nSPS) is 19.8. The largest absolute Gasteiger partial charge is 0.324 e. The van der Waals surface area contributed by atoms with Crippen molar-refractivity contribution in [3.05, 3.63) is 33.0 Å². The molecule has 1 aromatic rings. The third kappa shape index (κ3) is 3.93. The first-order valence-corrected chi connectivity index (χ1v) is 8.16. The first kappa shape index (κ1) is 15.3. The van der Waals surface area contributed by atoms with Crippen LogP contribution >= 0.6 is 27.5 Å². The van der Waals surface area contributed by atoms with Crippen molar-refractivity contribution in [2.24, 2.45) is 11.7 Å². The Bertz CT molecular complexity index is 430. The maximum atomic E-state index is 14.0. The molecule has 106 valence electrons. The van der Waals surface area contributed by atoms with E-state index in [1.165, 1.54) is 38.2 Å². The maximum Gasteiger partial charge on any atom is 0.129 e. The molecule has 0 radical (unpaired) electrons. The third-order valence-corrected chi connectivity index (χ3v) is 5.25. The first-order valence-electron chi connectivity index (χ1n) is 6.99. The van der Waals surface area contributed by atoms with Crippen LogP contribution in [-0.4, -0.2) is 0 Å². The molecule has 0 heterocycles. The van der Waals surface area contributed by atoms with E-state index in [0.717, 1.165) is 12.8 Å². The highest BCUT2D eigenvalue weighted by molar-refractivity contribution is 9.10. The molecule has 0 aliphatic heterocycles. The summed E-state index contributed by atoms with van der Waals surface area (Å²) < 4.78 is 14.6. The van der Waals surface area contributed by atoms with Crippen molar-refractivity contribution < 1.29 is 4.39 Å². The van der Waals surface area contributed by atoms with Gasteiger partial charge in [-0.25, -0.2) is 4.39 Å². The molecule has 1 aliphatic rings. The van der Waals surface area contributed by atoms with Crippen LogP contribution in [0.3, 0.4) is 0 Å². The molecule has 0 aromatic heterocycles. The second kappa shape index (κ2) is 7.05. The lowest BCUT2D eigenvalue weighted by Crippen LogP contribution is -2.23. The number of hydrogen-bond acceptors (Lipinski definition) is 1. The van der Waals surface area contributed by atoms with Gasteiger partial charge in [0.1, 0.15) is 5.82 Å². The van der Waals surface area contributed by atoms with Crippen molar-refractivity contribution in [1.82, 2.24) is 0 Å². The van der Waals surface area contributed by atoms with E-state index in [2.05, 4.69) is 15.9 Å². The smallest absolute Gasteiger partial charge is 0.129 e. The van der Waals surface area contributed by atoms with Gasteiger partial charge in [-0.2, -0.15) is 0 Å². The highest BCUT2D eigenvalue weighted by atomic mass is 79.9. The number of nitrogens with two attached hydrogens (primary N) is 1. The Kier molecular flexibility index (Phi) is 5.67. The van der Waals surface area contributed by atoms with Crippen LogP contribution in [0, 0.1) is 11.7 Å². The molecule has 0 amide bonds. The molecule has 1 fully saturated rings. The van der Waals surface area contributed by atoms with Crippen molar-refractivity contribution in [3.8, 4) is 0 Å². The Hall–Kier alpha value is -0.120. The summed E-state index contributed by atoms with van der Waals surface area (Å²) in [5.41, 5.74) is 6.85. The Morgan fingerprint density at radius 1 is 1.16 bits per heavy atom. The molecule has 1 aromatic carbocycles. The standard InChI is InChI=1S/C15H20BrClFN/c16-12-9-14(18)11(8-13(12)17)15(19)10-6-4-2-1-3-5-7-10/h8-10,15H,1-7,19H2. The van der Waals surface area contributed by atoms with E-state index in [1.807, 2.05) is 0 Å². The van der Waals surface area contributed by atoms with Crippen LogP contribution in [0.1, 0.15) is 56.6 Å². The molecule has 1 unspecified atom stereocenters. The minimum absolute atomic E-state index is 0.247. The number of benzene rings is 1. The molecule has 0 spiro atoms. The van der Waals surface area contributed by atoms with E-state index in [9.17, 15) is 4.39 Å². The zero-order valence-corrected chi connectivity index (χ0v) is 13.3. The van der Waals surface area contributed by atoms with E-state index in [-0.39, 0.29) is 11.9 Å². The van der Waals surface area contributed by atoms with Crippen molar-refractivity contribution in [2.45, 2.75) is 51.0 Å². The monoisotopic (exact) mass is 347 g/mol. The Balaban J connectivity index is 2.17. The van der Waals surface area contributed by atoms with E-state index < -0.39 is 0 Å². The van der Waals surface area contributed by atoms with Crippen molar-refractivity contribution in [1.29, 1.82) is 0 Å². The molecule has 1 aliphatic carbocycles. The van der Waals surface area contributed by atoms with Gasteiger partial charge in [0.25, 0.3) is 0 Å². The minimum atomic E-state index is -0.258. The Morgan fingerprint density at radius 3 is 2.37 bits per heavy atom. The molecule has 19 heavy (non-hydrogen) atoms. The molecule has 0 bridgehead atoms. The molecular weight excluding hydrogens is 329 g/mol. The number of hydrogen-bond donors (Lipinski definition) is 1. The van der Waals surface area contributed by atoms with Gasteiger partial charge in [-0.1, -0.05) is 43.7 Å². The Labute approximate surface area is 127 Å². The Morgan fingerprint density at radius 2 is 1.74 bits per heavy atom. The molecule has 1 atom stereocenters. The lowest BCUT2D eigenvalue weighted by atomic mass is 9.83. The van der Waals surface area contributed by atoms with Crippen molar-refractivity contribution in [3.63, 3.8) is 0 Å². The lowest BCUT2D eigenvalue weighted by Gasteiger charge is -2.26. The van der Waals surface area contributed by atoms with Crippen LogP contribution in [0.2, 0.25) is 5.02 Å². The number of rotatable bonds is 2. The van der Waals surface area contributed by atoms with Gasteiger partial charge >= 0.3 is 0 Å². The van der Waals surface area contributed by atoms with E-state index >= 15 is 0 Å². The van der Waals surface area contributed by atoms with Gasteiger partial charge in [0.2, 0.25) is 0 Å². The number of halogens is 3. The average molecular weight is 349 g/mol. The van der Waals surface area contributed by atoms with Gasteiger partial charge in [-0.05, 0) is 46.8 Å². The highest BCUT2D eigenvalue weighted by Gasteiger charge is 2.23. The van der Waals surface area contributed by atoms with Crippen LogP contribution < -0.4 is 5.73 Å². The SMILES string of the molecule is NC(c1cc(Cl)c(Br)cc1F)C1CCCCCCC1. The van der Waals surface area contributed by atoms with Gasteiger partial charge in [-0.15, -0.1) is 0 Å². The zero-order chi connectivity index (χ0) is 13.8. The summed E-state index contributed by atoms with van der Waals surface area (Å²) in [5, 5.41) is 0.526. The van der Waals surface area contributed by atoms with Crippen LogP contribution in [0.25, 0.3) is 0 Å². The predicted molar refractivity (Wildman–Crippen MR) is 81.8 cm³/mol. The molecule has 1 saturated carbocycles. The van der Waals surface area contributed by atoms with Gasteiger partial charge in [0.05, 0.1) is 5.02 Å². The van der Waals surface area contributed by atoms with Crippen LogP contribution in [0.15, 0.2) is 16.6 Å². The topological polar surface area (TPSA) is 26.0 Å². The van der Waals surface area contributed by atoms with Gasteiger partial charge < -0.3 is 5.73 Å². The fourth-order valence-corrected chi connectivity index (χ4v) is 3.38. The predicted octanol–water partition coefficient (Wildman–Crippen LogP) is 5.60. The van der Waals surface area contributed by atoms with E-state index in [4.69, 9.17) is 17.3 Å². The molecule has 4 heteroatoms. The van der Waals surface area contributed by atoms with Crippen LogP contribution in [0.5, 0.6) is 0 Å². The van der Waals surface area contributed by atoms with Crippen LogP contribution in [0.4, 0.5) is 4.39 Å². The quantitative estimate of drug-likeness (QED) is 0.691. The molecule has 2 N–H and O–H groups in total. The summed E-state index contributed by atoms with van der Waals surface area (Å²) in [4.78, 5) is 0. The second-order valence-corrected chi connectivity index (χ2v) is 6.68. The fourth-order valence-electron chi connectivity index (χ4n) is 2.89. The molecule has 1 nitrogen and oxygen atoms in total. The van der Waals surface area contributed by atoms with Gasteiger partial charge in [0, 0.05) is 16.1 Å². The summed E-state index contributed by atoms with van der Waals surface area (Å²) in [6.07, 6.45) is 8.44. The summed E-state index contributed by atoms with van der Waals surface area (Å²) >= 11 is 9.29. The van der Waals surface area contributed by atoms with Crippen molar-refractivity contribution in [2.75, 3.05) is 0 Å².